The first-order valence-electron chi connectivity index (χ1n) is 50.2. The lowest BCUT2D eigenvalue weighted by atomic mass is 10.0. The van der Waals surface area contributed by atoms with Crippen LogP contribution in [-0.2, 0) is 25.7 Å². The normalized spacial score (nSPS) is 14.8. The number of rotatable bonds is 65. The van der Waals surface area contributed by atoms with E-state index in [1.54, 1.807) is 35.1 Å². The van der Waals surface area contributed by atoms with E-state index in [-0.39, 0.29) is 0 Å². The molecule has 0 N–H and O–H groups in total. The van der Waals surface area contributed by atoms with Crippen LogP contribution in [0.5, 0.6) is 0 Å². The number of fused-ring (bicyclic) bond motifs is 8. The second kappa shape index (κ2) is 51.4. The second-order valence-corrected chi connectivity index (χ2v) is 49.9. The summed E-state index contributed by atoms with van der Waals surface area (Å²) in [5.74, 6) is 1.40. The number of nitrogens with zero attached hydrogens (tertiary/aromatic N) is 4. The molecule has 0 saturated carbocycles. The second-order valence-electron chi connectivity index (χ2n) is 37.2. The van der Waals surface area contributed by atoms with Crippen molar-refractivity contribution in [3.05, 3.63) is 81.7 Å². The number of aromatic nitrogens is 4. The van der Waals surface area contributed by atoms with Gasteiger partial charge in [0.05, 0.1) is 44.8 Å². The molecular formula is C106H166N4S4Si2. The topological polar surface area (TPSA) is 51.6 Å². The monoisotopic (exact) mass is 1680 g/mol. The van der Waals surface area contributed by atoms with Gasteiger partial charge >= 0.3 is 0 Å². The molecule has 0 fully saturated rings. The minimum atomic E-state index is -2.48. The van der Waals surface area contributed by atoms with E-state index in [2.05, 4.69) is 177 Å². The number of aryl methyl sites for hydroxylation is 6. The fourth-order valence-corrected chi connectivity index (χ4v) is 40.4. The van der Waals surface area contributed by atoms with Crippen LogP contribution in [0.25, 0.3) is 72.9 Å². The first-order valence-corrected chi connectivity index (χ1v) is 58.2. The molecule has 642 valence electrons. The quantitative estimate of drug-likeness (QED) is 0.0282. The first kappa shape index (κ1) is 94.6. The third-order valence-electron chi connectivity index (χ3n) is 27.8. The summed E-state index contributed by atoms with van der Waals surface area (Å²) in [4.78, 5) is 36.7. The smallest absolute Gasteiger partial charge is 0.122 e. The molecule has 8 aromatic rings. The van der Waals surface area contributed by atoms with Gasteiger partial charge in [0, 0.05) is 55.7 Å². The van der Waals surface area contributed by atoms with Gasteiger partial charge < -0.3 is 0 Å². The van der Waals surface area contributed by atoms with E-state index in [4.69, 9.17) is 19.9 Å². The zero-order valence-corrected chi connectivity index (χ0v) is 81.9. The highest BCUT2D eigenvalue weighted by Crippen LogP contribution is 2.52. The Morgan fingerprint density at radius 2 is 0.526 bits per heavy atom. The molecule has 0 radical (unpaired) electrons. The molecule has 0 spiro atoms. The average Bonchev–Trinajstić information content (AvgIpc) is 1.54. The zero-order chi connectivity index (χ0) is 81.8. The summed E-state index contributed by atoms with van der Waals surface area (Å²) in [5, 5.41) is 7.13. The molecule has 116 heavy (non-hydrogen) atoms. The van der Waals surface area contributed by atoms with Crippen molar-refractivity contribution in [2.75, 3.05) is 0 Å². The van der Waals surface area contributed by atoms with Crippen molar-refractivity contribution in [2.45, 2.75) is 467 Å². The third-order valence-corrected chi connectivity index (χ3v) is 44.1. The molecule has 10 rings (SSSR count). The highest BCUT2D eigenvalue weighted by atomic mass is 32.1. The Kier molecular flexibility index (Phi) is 42.0. The van der Waals surface area contributed by atoms with Crippen molar-refractivity contribution in [1.29, 1.82) is 0 Å². The van der Waals surface area contributed by atoms with E-state index < -0.39 is 16.1 Å². The molecule has 10 heteroatoms. The van der Waals surface area contributed by atoms with Gasteiger partial charge in [-0.05, 0) is 152 Å². The fraction of sp³-hybridized carbons (Fsp3) is 0.698. The number of hydrogen-bond acceptors (Lipinski definition) is 8. The molecule has 0 saturated heterocycles. The van der Waals surface area contributed by atoms with Crippen LogP contribution in [-0.4, -0.2) is 36.1 Å². The van der Waals surface area contributed by atoms with Crippen LogP contribution < -0.4 is 20.7 Å². The van der Waals surface area contributed by atoms with Crippen molar-refractivity contribution >= 4 is 104 Å². The van der Waals surface area contributed by atoms with Gasteiger partial charge in [0.1, 0.15) is 16.1 Å². The molecule has 2 aromatic carbocycles. The van der Waals surface area contributed by atoms with Gasteiger partial charge in [0.15, 0.2) is 0 Å². The predicted molar refractivity (Wildman–Crippen MR) is 529 cm³/mol. The summed E-state index contributed by atoms with van der Waals surface area (Å²) in [5.41, 5.74) is 15.1. The number of thiophene rings is 4. The molecule has 2 aliphatic rings. The van der Waals surface area contributed by atoms with Gasteiger partial charge in [0.2, 0.25) is 0 Å². The van der Waals surface area contributed by atoms with Gasteiger partial charge in [-0.25, -0.2) is 19.9 Å². The maximum absolute atomic E-state index is 6.30. The Bertz CT molecular complexity index is 4090. The lowest BCUT2D eigenvalue weighted by Crippen LogP contribution is -2.56. The van der Waals surface area contributed by atoms with Crippen molar-refractivity contribution in [1.82, 2.24) is 19.9 Å². The Hall–Kier alpha value is -3.65. The molecule has 8 heterocycles. The van der Waals surface area contributed by atoms with Gasteiger partial charge in [-0.3, -0.25) is 0 Å². The molecule has 0 bridgehead atoms. The van der Waals surface area contributed by atoms with Crippen LogP contribution in [0.4, 0.5) is 0 Å². The van der Waals surface area contributed by atoms with Gasteiger partial charge in [-0.1, -0.05) is 402 Å². The van der Waals surface area contributed by atoms with Crippen molar-refractivity contribution < 1.29 is 0 Å². The van der Waals surface area contributed by atoms with Crippen LogP contribution in [0, 0.1) is 25.7 Å². The standard InChI is InChI=1S/C106H166N4S4Si2/c1-13-23-31-37-43-47-51-57-65-88-89(66-58-52-48-44-38-32-24-14-2)108-100-85(70-69-81(11)99(100)107-88)93-77-97-105(113-93)106-98(116(97,79-83(21-9)63-29-19-7)80-84(22-10)64-30-20-8)78-94(114-106)87-72-71-86(101-102(87)110-91(68-60-54-50-46-40-34-26-16-4)90(109-101)67-59-53-49-45-39-33-25-15-3)92-76-96-104(112-92)103-95(75-82(12)111-103)115(96,73-61-55-41-35-27-17-5)74-62-56-42-36-28-18-6/h69-72,75-78,83-84H,13-68,73-74,79-80H2,1-12H3. The van der Waals surface area contributed by atoms with Crippen LogP contribution in [0.3, 0.4) is 0 Å². The van der Waals surface area contributed by atoms with E-state index in [0.29, 0.717) is 11.8 Å². The highest BCUT2D eigenvalue weighted by molar-refractivity contribution is 7.32. The Morgan fingerprint density at radius 3 is 0.845 bits per heavy atom. The van der Waals surface area contributed by atoms with Crippen molar-refractivity contribution in [3.8, 4) is 50.8 Å². The Labute approximate surface area is 729 Å². The van der Waals surface area contributed by atoms with Crippen LogP contribution in [0.1, 0.15) is 436 Å². The minimum absolute atomic E-state index is 0.699. The number of benzene rings is 2. The summed E-state index contributed by atoms with van der Waals surface area (Å²) in [7, 11) is -4.57. The Balaban J connectivity index is 1.15. The zero-order valence-electron chi connectivity index (χ0n) is 76.6. The average molecular weight is 1680 g/mol. The fourth-order valence-electron chi connectivity index (χ4n) is 20.6. The molecule has 4 nitrogen and oxygen atoms in total. The molecule has 2 unspecified atom stereocenters. The van der Waals surface area contributed by atoms with Gasteiger partial charge in [0.25, 0.3) is 0 Å². The van der Waals surface area contributed by atoms with Gasteiger partial charge in [-0.15, -0.1) is 45.3 Å². The summed E-state index contributed by atoms with van der Waals surface area (Å²) in [6.07, 6.45) is 73.3. The molecule has 0 aliphatic carbocycles. The SMILES string of the molecule is CCCCCCCCCCc1nc2c(C)ccc(-c3cc4c(s3)-c3sc(-c5ccc(-c6cc7c(s6)-c6sc(C)cc6[Si]7(CCCCCCCC)CCCCCCCC)c6nc(CCCCCCCCCC)c(CCCCCCCCCC)nc56)cc3[Si]4(CC(CC)CCCC)CC(CC)CCCC)c2nc1CCCCCCCCCC. The first-order chi connectivity index (χ1) is 57.0. The van der Waals surface area contributed by atoms with Crippen LogP contribution in [0.15, 0.2) is 48.5 Å². The van der Waals surface area contributed by atoms with E-state index in [0.717, 1.165) is 36.7 Å². The van der Waals surface area contributed by atoms with E-state index >= 15 is 0 Å². The Morgan fingerprint density at radius 1 is 0.267 bits per heavy atom. The molecular weight excluding hydrogens is 1510 g/mol. The predicted octanol–water partition coefficient (Wildman–Crippen LogP) is 34.4. The van der Waals surface area contributed by atoms with E-state index in [1.165, 1.54) is 434 Å². The summed E-state index contributed by atoms with van der Waals surface area (Å²) >= 11 is 8.59. The lowest BCUT2D eigenvalue weighted by molar-refractivity contribution is 0.469. The summed E-state index contributed by atoms with van der Waals surface area (Å²) in [6, 6.07) is 26.8. The lowest BCUT2D eigenvalue weighted by Gasteiger charge is -2.35. The number of unbranched alkanes of at least 4 members (excludes halogenated alkanes) is 40. The van der Waals surface area contributed by atoms with Crippen molar-refractivity contribution in [2.24, 2.45) is 11.8 Å². The number of hydrogen-bond donors (Lipinski definition) is 0. The third kappa shape index (κ3) is 25.8. The van der Waals surface area contributed by atoms with Crippen LogP contribution in [0.2, 0.25) is 24.2 Å². The summed E-state index contributed by atoms with van der Waals surface area (Å²) in [6.45, 7) is 28.8. The molecule has 2 atom stereocenters. The van der Waals surface area contributed by atoms with Crippen molar-refractivity contribution in [3.63, 3.8) is 0 Å². The van der Waals surface area contributed by atoms with E-state index in [1.807, 2.05) is 5.19 Å². The summed E-state index contributed by atoms with van der Waals surface area (Å²) < 4.78 is 0. The van der Waals surface area contributed by atoms with Gasteiger partial charge in [-0.2, -0.15) is 0 Å². The molecule has 0 amide bonds. The highest BCUT2D eigenvalue weighted by Gasteiger charge is 2.51. The minimum Gasteiger partial charge on any atom is -0.249 e. The van der Waals surface area contributed by atoms with E-state index in [9.17, 15) is 0 Å². The van der Waals surface area contributed by atoms with Crippen LogP contribution >= 0.6 is 45.3 Å². The maximum Gasteiger partial charge on any atom is 0.122 e. The molecule has 6 aromatic heterocycles. The molecule has 2 aliphatic heterocycles. The largest absolute Gasteiger partial charge is 0.249 e. The maximum atomic E-state index is 6.30.